The molecular weight excluding hydrogens is 301 g/mol. The monoisotopic (exact) mass is 318 g/mol. The van der Waals surface area contributed by atoms with E-state index in [9.17, 15) is 18.0 Å². The van der Waals surface area contributed by atoms with Crippen LogP contribution in [-0.4, -0.2) is 10.9 Å². The smallest absolute Gasteiger partial charge is 0.389 e. The number of rotatable bonds is 6. The minimum absolute atomic E-state index is 0.0173. The van der Waals surface area contributed by atoms with Gasteiger partial charge in [-0.05, 0) is 24.6 Å². The van der Waals surface area contributed by atoms with Crippen molar-refractivity contribution in [2.45, 2.75) is 38.8 Å². The van der Waals surface area contributed by atoms with E-state index in [1.807, 2.05) is 6.92 Å². The number of anilines is 1. The lowest BCUT2D eigenvalue weighted by Gasteiger charge is -2.13. The SMILES string of the molecule is CCCCCC(=O)Nc1ccc(C(F)(F)F)cc1C(N)=S. The normalized spacial score (nSPS) is 11.2. The first kappa shape index (κ1) is 17.4. The third-order valence-corrected chi connectivity index (χ3v) is 3.11. The standard InChI is InChI=1S/C14H17F3N2OS/c1-2-3-4-5-12(20)19-11-7-6-9(14(15,16)17)8-10(11)13(18)21/h6-8H,2-5H2,1H3,(H2,18,21)(H,19,20). The van der Waals surface area contributed by atoms with Crippen molar-refractivity contribution in [2.75, 3.05) is 5.32 Å². The van der Waals surface area contributed by atoms with Crippen molar-refractivity contribution in [1.29, 1.82) is 0 Å². The Morgan fingerprint density at radius 3 is 2.52 bits per heavy atom. The number of thiocarbonyl (C=S) groups is 1. The van der Waals surface area contributed by atoms with E-state index in [2.05, 4.69) is 5.32 Å². The number of nitrogens with two attached hydrogens (primary N) is 1. The molecule has 1 amide bonds. The van der Waals surface area contributed by atoms with Crippen LogP contribution in [0.3, 0.4) is 0 Å². The maximum atomic E-state index is 12.7. The molecule has 0 fully saturated rings. The van der Waals surface area contributed by atoms with E-state index in [0.29, 0.717) is 6.42 Å². The molecule has 1 aromatic carbocycles. The minimum atomic E-state index is -4.48. The van der Waals surface area contributed by atoms with Crippen molar-refractivity contribution in [1.82, 2.24) is 0 Å². The lowest BCUT2D eigenvalue weighted by Crippen LogP contribution is -2.18. The fourth-order valence-corrected chi connectivity index (χ4v) is 1.95. The maximum Gasteiger partial charge on any atom is 0.416 e. The summed E-state index contributed by atoms with van der Waals surface area (Å²) < 4.78 is 38.0. The Bertz CT molecular complexity index is 529. The van der Waals surface area contributed by atoms with Gasteiger partial charge in [0.1, 0.15) is 4.99 Å². The van der Waals surface area contributed by atoms with Gasteiger partial charge >= 0.3 is 6.18 Å². The molecule has 1 aromatic rings. The zero-order valence-electron chi connectivity index (χ0n) is 11.6. The Balaban J connectivity index is 2.92. The highest BCUT2D eigenvalue weighted by molar-refractivity contribution is 7.80. The molecule has 7 heteroatoms. The number of carbonyl (C=O) groups excluding carboxylic acids is 1. The molecule has 3 nitrogen and oxygen atoms in total. The van der Waals surface area contributed by atoms with Gasteiger partial charge in [-0.25, -0.2) is 0 Å². The Kier molecular flexibility index (Phi) is 6.14. The summed E-state index contributed by atoms with van der Waals surface area (Å²) in [7, 11) is 0. The molecule has 0 aromatic heterocycles. The molecule has 0 saturated carbocycles. The molecular formula is C14H17F3N2OS. The summed E-state index contributed by atoms with van der Waals surface area (Å²) in [5, 5.41) is 2.56. The number of nitrogens with one attached hydrogen (secondary N) is 1. The Hall–Kier alpha value is -1.63. The van der Waals surface area contributed by atoms with E-state index in [0.717, 1.165) is 31.4 Å². The topological polar surface area (TPSA) is 55.1 Å². The van der Waals surface area contributed by atoms with Crippen molar-refractivity contribution < 1.29 is 18.0 Å². The molecule has 0 heterocycles. The molecule has 21 heavy (non-hydrogen) atoms. The average Bonchev–Trinajstić information content (AvgIpc) is 2.37. The molecule has 0 spiro atoms. The van der Waals surface area contributed by atoms with Crippen LogP contribution in [0.4, 0.5) is 18.9 Å². The largest absolute Gasteiger partial charge is 0.416 e. The van der Waals surface area contributed by atoms with Crippen LogP contribution in [0, 0.1) is 0 Å². The molecule has 0 bridgehead atoms. The molecule has 0 aliphatic heterocycles. The Labute approximate surface area is 126 Å². The Morgan fingerprint density at radius 2 is 2.00 bits per heavy atom. The van der Waals surface area contributed by atoms with Crippen molar-refractivity contribution in [3.63, 3.8) is 0 Å². The second kappa shape index (κ2) is 7.40. The molecule has 0 aliphatic rings. The fraction of sp³-hybridized carbons (Fsp3) is 0.429. The molecule has 1 rings (SSSR count). The van der Waals surface area contributed by atoms with Crippen molar-refractivity contribution in [2.24, 2.45) is 5.73 Å². The van der Waals surface area contributed by atoms with Gasteiger partial charge < -0.3 is 11.1 Å². The van der Waals surface area contributed by atoms with Gasteiger partial charge in [0.25, 0.3) is 0 Å². The van der Waals surface area contributed by atoms with Crippen molar-refractivity contribution in [3.05, 3.63) is 29.3 Å². The summed E-state index contributed by atoms with van der Waals surface area (Å²) in [4.78, 5) is 11.5. The van der Waals surface area contributed by atoms with Gasteiger partial charge in [0, 0.05) is 12.0 Å². The summed E-state index contributed by atoms with van der Waals surface area (Å²) in [6, 6.07) is 2.92. The number of alkyl halides is 3. The summed E-state index contributed by atoms with van der Waals surface area (Å²) in [5.41, 5.74) is 4.81. The van der Waals surface area contributed by atoms with E-state index >= 15 is 0 Å². The number of hydrogen-bond donors (Lipinski definition) is 2. The molecule has 116 valence electrons. The molecule has 3 N–H and O–H groups in total. The van der Waals surface area contributed by atoms with Gasteiger partial charge in [0.05, 0.1) is 11.3 Å². The van der Waals surface area contributed by atoms with Gasteiger partial charge in [0.15, 0.2) is 0 Å². The first-order valence-electron chi connectivity index (χ1n) is 6.56. The van der Waals surface area contributed by atoms with Gasteiger partial charge in [0.2, 0.25) is 5.91 Å². The summed E-state index contributed by atoms with van der Waals surface area (Å²) in [6.07, 6.45) is -1.55. The number of halogens is 3. The summed E-state index contributed by atoms with van der Waals surface area (Å²) >= 11 is 4.75. The van der Waals surface area contributed by atoms with Crippen LogP contribution in [0.25, 0.3) is 0 Å². The van der Waals surface area contributed by atoms with Crippen LogP contribution in [-0.2, 0) is 11.0 Å². The number of benzene rings is 1. The van der Waals surface area contributed by atoms with Crippen LogP contribution in [0.5, 0.6) is 0 Å². The predicted molar refractivity (Wildman–Crippen MR) is 80.1 cm³/mol. The lowest BCUT2D eigenvalue weighted by molar-refractivity contribution is -0.137. The molecule has 0 saturated heterocycles. The van der Waals surface area contributed by atoms with E-state index in [4.69, 9.17) is 18.0 Å². The van der Waals surface area contributed by atoms with Gasteiger partial charge in [-0.3, -0.25) is 4.79 Å². The van der Waals surface area contributed by atoms with Crippen molar-refractivity contribution in [3.8, 4) is 0 Å². The first-order chi connectivity index (χ1) is 9.75. The highest BCUT2D eigenvalue weighted by atomic mass is 32.1. The first-order valence-corrected chi connectivity index (χ1v) is 6.97. The van der Waals surface area contributed by atoms with Crippen molar-refractivity contribution >= 4 is 28.8 Å². The van der Waals surface area contributed by atoms with Crippen LogP contribution >= 0.6 is 12.2 Å². The lowest BCUT2D eigenvalue weighted by atomic mass is 10.1. The zero-order valence-corrected chi connectivity index (χ0v) is 12.4. The number of unbranched alkanes of at least 4 members (excludes halogenated alkanes) is 2. The molecule has 0 aliphatic carbocycles. The van der Waals surface area contributed by atoms with Gasteiger partial charge in [-0.15, -0.1) is 0 Å². The predicted octanol–water partition coefficient (Wildman–Crippen LogP) is 3.86. The zero-order chi connectivity index (χ0) is 16.0. The highest BCUT2D eigenvalue weighted by Gasteiger charge is 2.31. The molecule has 0 radical (unpaired) electrons. The molecule has 0 unspecified atom stereocenters. The minimum Gasteiger partial charge on any atom is -0.389 e. The van der Waals surface area contributed by atoms with Gasteiger partial charge in [-0.2, -0.15) is 13.2 Å². The second-order valence-corrected chi connectivity index (χ2v) is 5.07. The summed E-state index contributed by atoms with van der Waals surface area (Å²) in [6.45, 7) is 2.01. The Morgan fingerprint density at radius 1 is 1.33 bits per heavy atom. The second-order valence-electron chi connectivity index (χ2n) is 4.63. The third-order valence-electron chi connectivity index (χ3n) is 2.89. The fourth-order valence-electron chi connectivity index (χ4n) is 1.78. The van der Waals surface area contributed by atoms with Crippen LogP contribution in [0.15, 0.2) is 18.2 Å². The third kappa shape index (κ3) is 5.34. The highest BCUT2D eigenvalue weighted by Crippen LogP contribution is 2.32. The molecule has 0 atom stereocenters. The van der Waals surface area contributed by atoms with Crippen LogP contribution in [0.1, 0.15) is 43.7 Å². The number of amides is 1. The van der Waals surface area contributed by atoms with E-state index < -0.39 is 11.7 Å². The van der Waals surface area contributed by atoms with Crippen LogP contribution < -0.4 is 11.1 Å². The maximum absolute atomic E-state index is 12.7. The van der Waals surface area contributed by atoms with Crippen LogP contribution in [0.2, 0.25) is 0 Å². The van der Waals surface area contributed by atoms with Gasteiger partial charge in [-0.1, -0.05) is 32.0 Å². The van der Waals surface area contributed by atoms with E-state index in [-0.39, 0.29) is 22.1 Å². The number of carbonyl (C=O) groups is 1. The summed E-state index contributed by atoms with van der Waals surface area (Å²) in [5.74, 6) is -0.263. The van der Waals surface area contributed by atoms with E-state index in [1.165, 1.54) is 6.07 Å². The average molecular weight is 318 g/mol. The number of hydrogen-bond acceptors (Lipinski definition) is 2. The van der Waals surface area contributed by atoms with E-state index in [1.54, 1.807) is 0 Å². The quantitative estimate of drug-likeness (QED) is 0.618.